The van der Waals surface area contributed by atoms with Crippen LogP contribution in [0.2, 0.25) is 0 Å². The minimum absolute atomic E-state index is 0.0495. The maximum Gasteiger partial charge on any atom is 0.381 e. The van der Waals surface area contributed by atoms with Gasteiger partial charge in [0.15, 0.2) is 5.76 Å². The van der Waals surface area contributed by atoms with Gasteiger partial charge in [0.2, 0.25) is 16.0 Å². The van der Waals surface area contributed by atoms with Crippen LogP contribution < -0.4 is 26.3 Å². The van der Waals surface area contributed by atoms with Gasteiger partial charge >= 0.3 is 5.63 Å². The molecule has 0 saturated heterocycles. The number of amides is 1. The highest BCUT2D eigenvalue weighted by molar-refractivity contribution is 7.19. The summed E-state index contributed by atoms with van der Waals surface area (Å²) in [5.74, 6) is -0.945. The first kappa shape index (κ1) is 25.6. The Morgan fingerprint density at radius 3 is 2.57 bits per heavy atom. The molecule has 3 aromatic rings. The van der Waals surface area contributed by atoms with Crippen molar-refractivity contribution in [2.45, 2.75) is 19.4 Å². The van der Waals surface area contributed by atoms with Crippen molar-refractivity contribution < 1.29 is 18.7 Å². The molecule has 3 rings (SSSR count). The fourth-order valence-corrected chi connectivity index (χ4v) is 3.89. The number of carbonyl (C=O) groups is 1. The number of benzene rings is 1. The third-order valence-electron chi connectivity index (χ3n) is 4.67. The SMILES string of the molecule is COC[C@@H](Cc1ccccc1)Nc1cc(C(=O)Nc2nnc(N/C(C)=C\C=N)s2)oc(=O)c1OC. The number of allylic oxidation sites excluding steroid dienone is 2. The minimum atomic E-state index is -0.800. The van der Waals surface area contributed by atoms with Gasteiger partial charge in [0, 0.05) is 25.1 Å². The molecule has 0 fully saturated rings. The molecule has 0 saturated carbocycles. The van der Waals surface area contributed by atoms with E-state index in [4.69, 9.17) is 19.3 Å². The Balaban J connectivity index is 1.80. The van der Waals surface area contributed by atoms with Gasteiger partial charge in [-0.3, -0.25) is 10.1 Å². The number of rotatable bonds is 12. The third kappa shape index (κ3) is 7.22. The molecule has 11 nitrogen and oxygen atoms in total. The zero-order chi connectivity index (χ0) is 25.2. The molecule has 0 aliphatic rings. The lowest BCUT2D eigenvalue weighted by Gasteiger charge is -2.20. The van der Waals surface area contributed by atoms with Crippen molar-refractivity contribution in [3.8, 4) is 5.75 Å². The van der Waals surface area contributed by atoms with Gasteiger partial charge in [-0.05, 0) is 25.0 Å². The Kier molecular flexibility index (Phi) is 9.09. The molecule has 0 radical (unpaired) electrons. The number of nitrogens with zero attached hydrogens (tertiary/aromatic N) is 2. The van der Waals surface area contributed by atoms with Crippen LogP contribution in [0.25, 0.3) is 0 Å². The van der Waals surface area contributed by atoms with Crippen LogP contribution in [0.5, 0.6) is 5.75 Å². The Bertz CT molecular complexity index is 1240. The number of methoxy groups -OCH3 is 2. The molecule has 12 heteroatoms. The lowest BCUT2D eigenvalue weighted by Crippen LogP contribution is -2.29. The Morgan fingerprint density at radius 1 is 1.20 bits per heavy atom. The summed E-state index contributed by atoms with van der Waals surface area (Å²) in [6, 6.07) is 11.0. The molecule has 1 atom stereocenters. The third-order valence-corrected chi connectivity index (χ3v) is 5.43. The zero-order valence-corrected chi connectivity index (χ0v) is 20.3. The average molecular weight is 499 g/mol. The van der Waals surface area contributed by atoms with Gasteiger partial charge < -0.3 is 29.9 Å². The van der Waals surface area contributed by atoms with Crippen molar-refractivity contribution in [1.29, 1.82) is 5.41 Å². The Hall–Kier alpha value is -4.03. The molecule has 1 aromatic carbocycles. The molecule has 0 aliphatic heterocycles. The van der Waals surface area contributed by atoms with Crippen LogP contribution in [0.4, 0.5) is 16.0 Å². The largest absolute Gasteiger partial charge is 0.488 e. The van der Waals surface area contributed by atoms with Crippen molar-refractivity contribution >= 4 is 39.4 Å². The highest BCUT2D eigenvalue weighted by Gasteiger charge is 2.21. The van der Waals surface area contributed by atoms with Gasteiger partial charge in [0.1, 0.15) is 0 Å². The summed E-state index contributed by atoms with van der Waals surface area (Å²) in [5.41, 5.74) is 1.27. The molecule has 0 spiro atoms. The number of hydrogen-bond donors (Lipinski definition) is 4. The van der Waals surface area contributed by atoms with E-state index in [1.165, 1.54) is 13.2 Å². The molecular formula is C23H26N6O5S. The van der Waals surface area contributed by atoms with Gasteiger partial charge in [-0.1, -0.05) is 41.7 Å². The van der Waals surface area contributed by atoms with Crippen LogP contribution in [-0.4, -0.2) is 49.2 Å². The summed E-state index contributed by atoms with van der Waals surface area (Å²) in [6.07, 6.45) is 3.31. The second-order valence-electron chi connectivity index (χ2n) is 7.34. The van der Waals surface area contributed by atoms with Crippen molar-refractivity contribution in [1.82, 2.24) is 10.2 Å². The lowest BCUT2D eigenvalue weighted by atomic mass is 10.1. The van der Waals surface area contributed by atoms with E-state index in [1.807, 2.05) is 30.3 Å². The summed E-state index contributed by atoms with van der Waals surface area (Å²) < 4.78 is 15.7. The summed E-state index contributed by atoms with van der Waals surface area (Å²) in [5, 5.41) is 24.3. The highest BCUT2D eigenvalue weighted by Crippen LogP contribution is 2.25. The molecule has 184 valence electrons. The van der Waals surface area contributed by atoms with E-state index in [2.05, 4.69) is 26.1 Å². The molecule has 2 heterocycles. The van der Waals surface area contributed by atoms with Gasteiger partial charge in [0.05, 0.1) is 25.4 Å². The van der Waals surface area contributed by atoms with Crippen LogP contribution in [0.3, 0.4) is 0 Å². The quantitative estimate of drug-likeness (QED) is 0.275. The van der Waals surface area contributed by atoms with Crippen LogP contribution in [0.15, 0.2) is 57.4 Å². The molecule has 35 heavy (non-hydrogen) atoms. The van der Waals surface area contributed by atoms with E-state index in [-0.39, 0.29) is 22.7 Å². The van der Waals surface area contributed by atoms with E-state index in [1.54, 1.807) is 20.1 Å². The topological polar surface area (TPSA) is 151 Å². The predicted octanol–water partition coefficient (Wildman–Crippen LogP) is 3.39. The van der Waals surface area contributed by atoms with Crippen molar-refractivity contribution in [3.05, 3.63) is 69.9 Å². The van der Waals surface area contributed by atoms with E-state index in [0.29, 0.717) is 29.5 Å². The first-order valence-electron chi connectivity index (χ1n) is 10.5. The number of hydrogen-bond acceptors (Lipinski definition) is 11. The molecule has 4 N–H and O–H groups in total. The molecule has 0 aliphatic carbocycles. The molecule has 0 bridgehead atoms. The lowest BCUT2D eigenvalue weighted by molar-refractivity contribution is 0.0991. The standard InChI is InChI=1S/C23H26N6O5S/c1-14(9-10-24)25-22-28-29-23(35-22)27-20(30)18-12-17(19(33-3)21(31)34-18)26-16(13-32-2)11-15-7-5-4-6-8-15/h4-10,12,16,24,26H,11,13H2,1-3H3,(H,25,28)(H,27,29,30)/b14-9-,24-10?/t16-/m1/s1. The van der Waals surface area contributed by atoms with Crippen LogP contribution in [0, 0.1) is 5.41 Å². The first-order chi connectivity index (χ1) is 16.9. The van der Waals surface area contributed by atoms with Gasteiger partial charge in [0.25, 0.3) is 5.91 Å². The monoisotopic (exact) mass is 498 g/mol. The maximum atomic E-state index is 12.8. The number of aromatic nitrogens is 2. The summed E-state index contributed by atoms with van der Waals surface area (Å²) in [4.78, 5) is 25.3. The minimum Gasteiger partial charge on any atom is -0.488 e. The molecular weight excluding hydrogens is 472 g/mol. The van der Waals surface area contributed by atoms with Gasteiger partial charge in [-0.15, -0.1) is 10.2 Å². The van der Waals surface area contributed by atoms with Crippen molar-refractivity contribution in [2.75, 3.05) is 36.8 Å². The first-order valence-corrected chi connectivity index (χ1v) is 11.4. The Labute approximate surface area is 205 Å². The predicted molar refractivity (Wildman–Crippen MR) is 135 cm³/mol. The van der Waals surface area contributed by atoms with E-state index in [0.717, 1.165) is 23.1 Å². The van der Waals surface area contributed by atoms with Crippen LogP contribution in [0.1, 0.15) is 23.0 Å². The van der Waals surface area contributed by atoms with E-state index in [9.17, 15) is 9.59 Å². The summed E-state index contributed by atoms with van der Waals surface area (Å²) in [7, 11) is 2.94. The normalized spacial score (nSPS) is 12.0. The van der Waals surface area contributed by atoms with Crippen LogP contribution >= 0.6 is 11.3 Å². The van der Waals surface area contributed by atoms with Gasteiger partial charge in [-0.2, -0.15) is 0 Å². The maximum absolute atomic E-state index is 12.8. The molecule has 2 aromatic heterocycles. The van der Waals surface area contributed by atoms with Crippen LogP contribution in [-0.2, 0) is 11.2 Å². The van der Waals surface area contributed by atoms with E-state index >= 15 is 0 Å². The highest BCUT2D eigenvalue weighted by atomic mass is 32.1. The smallest absolute Gasteiger partial charge is 0.381 e. The molecule has 1 amide bonds. The van der Waals surface area contributed by atoms with E-state index < -0.39 is 11.5 Å². The Morgan fingerprint density at radius 2 is 1.91 bits per heavy atom. The fraction of sp³-hybridized carbons (Fsp3) is 0.261. The average Bonchev–Trinajstić information content (AvgIpc) is 3.26. The number of carbonyl (C=O) groups excluding carboxylic acids is 1. The van der Waals surface area contributed by atoms with Gasteiger partial charge in [-0.25, -0.2) is 4.79 Å². The zero-order valence-electron chi connectivity index (χ0n) is 19.5. The number of ether oxygens (including phenoxy) is 2. The molecule has 0 unspecified atom stereocenters. The number of nitrogens with one attached hydrogen (secondary N) is 4. The van der Waals surface area contributed by atoms with Crippen molar-refractivity contribution in [2.24, 2.45) is 0 Å². The van der Waals surface area contributed by atoms with Crippen molar-refractivity contribution in [3.63, 3.8) is 0 Å². The second-order valence-corrected chi connectivity index (χ2v) is 8.32. The second kappa shape index (κ2) is 12.4. The number of anilines is 3. The summed E-state index contributed by atoms with van der Waals surface area (Å²) in [6.45, 7) is 2.12. The fourth-order valence-electron chi connectivity index (χ4n) is 3.18. The summed E-state index contributed by atoms with van der Waals surface area (Å²) >= 11 is 1.09.